The summed E-state index contributed by atoms with van der Waals surface area (Å²) in [6, 6.07) is 12.2. The molecule has 2 saturated heterocycles. The van der Waals surface area contributed by atoms with Gasteiger partial charge < -0.3 is 9.64 Å². The zero-order valence-corrected chi connectivity index (χ0v) is 19.6. The first-order chi connectivity index (χ1) is 14.4. The van der Waals surface area contributed by atoms with Crippen LogP contribution in [0.1, 0.15) is 42.7 Å². The summed E-state index contributed by atoms with van der Waals surface area (Å²) in [7, 11) is 0. The van der Waals surface area contributed by atoms with Crippen LogP contribution < -0.4 is 0 Å². The Bertz CT molecular complexity index is 909. The van der Waals surface area contributed by atoms with Gasteiger partial charge in [-0.25, -0.2) is 0 Å². The lowest BCUT2D eigenvalue weighted by molar-refractivity contribution is -0.0715. The minimum absolute atomic E-state index is 0.109. The van der Waals surface area contributed by atoms with Crippen LogP contribution in [0.25, 0.3) is 11.3 Å². The maximum absolute atomic E-state index is 13.4. The molecule has 0 saturated carbocycles. The zero-order valence-electron chi connectivity index (χ0n) is 18.0. The van der Waals surface area contributed by atoms with E-state index in [2.05, 4.69) is 39.6 Å². The van der Waals surface area contributed by atoms with Crippen LogP contribution >= 0.6 is 15.9 Å². The highest BCUT2D eigenvalue weighted by atomic mass is 79.9. The Balaban J connectivity index is 1.49. The van der Waals surface area contributed by atoms with E-state index in [0.29, 0.717) is 5.56 Å². The van der Waals surface area contributed by atoms with Gasteiger partial charge in [0.15, 0.2) is 0 Å². The summed E-state index contributed by atoms with van der Waals surface area (Å²) in [5, 5.41) is 0. The van der Waals surface area contributed by atoms with Gasteiger partial charge in [0, 0.05) is 42.3 Å². The standard InChI is InChI=1S/C24H30BrN3O2/c1-16-13-27(14-17(2)30-16)15-21-8-5-11-28(21)24(29)22-9-10-23(26-18(22)3)19-6-4-7-20(25)12-19/h4,6-7,9-10,12,16-17,21H,5,8,11,13-15H2,1-3H3. The summed E-state index contributed by atoms with van der Waals surface area (Å²) in [4.78, 5) is 22.6. The van der Waals surface area contributed by atoms with E-state index >= 15 is 0 Å². The van der Waals surface area contributed by atoms with Gasteiger partial charge in [0.05, 0.1) is 29.2 Å². The normalized spacial score (nSPS) is 24.9. The lowest BCUT2D eigenvalue weighted by Crippen LogP contribution is -2.51. The smallest absolute Gasteiger partial charge is 0.255 e. The third kappa shape index (κ3) is 4.76. The quantitative estimate of drug-likeness (QED) is 0.656. The van der Waals surface area contributed by atoms with Crippen molar-refractivity contribution in [2.24, 2.45) is 0 Å². The van der Waals surface area contributed by atoms with Crippen molar-refractivity contribution >= 4 is 21.8 Å². The molecule has 3 atom stereocenters. The Kier molecular flexibility index (Phi) is 6.56. The number of benzene rings is 1. The predicted molar refractivity (Wildman–Crippen MR) is 123 cm³/mol. The minimum atomic E-state index is 0.109. The lowest BCUT2D eigenvalue weighted by atomic mass is 10.1. The zero-order chi connectivity index (χ0) is 21.3. The molecule has 30 heavy (non-hydrogen) atoms. The van der Waals surface area contributed by atoms with Crippen molar-refractivity contribution < 1.29 is 9.53 Å². The van der Waals surface area contributed by atoms with Gasteiger partial charge >= 0.3 is 0 Å². The van der Waals surface area contributed by atoms with E-state index in [1.165, 1.54) is 0 Å². The van der Waals surface area contributed by atoms with Gasteiger partial charge in [0.2, 0.25) is 0 Å². The molecule has 0 bridgehead atoms. The summed E-state index contributed by atoms with van der Waals surface area (Å²) < 4.78 is 6.88. The number of halogens is 1. The third-order valence-electron chi connectivity index (χ3n) is 6.04. The second-order valence-corrected chi connectivity index (χ2v) is 9.53. The molecule has 2 aliphatic rings. The van der Waals surface area contributed by atoms with Crippen LogP contribution in [-0.4, -0.2) is 65.1 Å². The van der Waals surface area contributed by atoms with Crippen molar-refractivity contribution in [2.75, 3.05) is 26.2 Å². The number of likely N-dealkylation sites (tertiary alicyclic amines) is 1. The van der Waals surface area contributed by atoms with E-state index in [0.717, 1.165) is 60.4 Å². The maximum atomic E-state index is 13.4. The van der Waals surface area contributed by atoms with Crippen molar-refractivity contribution in [1.82, 2.24) is 14.8 Å². The number of carbonyl (C=O) groups excluding carboxylic acids is 1. The molecule has 0 aliphatic carbocycles. The van der Waals surface area contributed by atoms with Crippen LogP contribution in [0.4, 0.5) is 0 Å². The highest BCUT2D eigenvalue weighted by Crippen LogP contribution is 2.26. The number of aryl methyl sites for hydroxylation is 1. The molecule has 0 radical (unpaired) electrons. The third-order valence-corrected chi connectivity index (χ3v) is 6.53. The number of ether oxygens (including phenoxy) is 1. The fraction of sp³-hybridized carbons (Fsp3) is 0.500. The number of aromatic nitrogens is 1. The average molecular weight is 472 g/mol. The van der Waals surface area contributed by atoms with E-state index in [9.17, 15) is 4.79 Å². The highest BCUT2D eigenvalue weighted by Gasteiger charge is 2.33. The molecule has 5 nitrogen and oxygen atoms in total. The topological polar surface area (TPSA) is 45.7 Å². The van der Waals surface area contributed by atoms with Gasteiger partial charge in [-0.15, -0.1) is 0 Å². The van der Waals surface area contributed by atoms with Crippen LogP contribution in [0.3, 0.4) is 0 Å². The molecule has 1 aromatic carbocycles. The first-order valence-electron chi connectivity index (χ1n) is 10.8. The van der Waals surface area contributed by atoms with E-state index < -0.39 is 0 Å². The van der Waals surface area contributed by atoms with Crippen LogP contribution in [0, 0.1) is 6.92 Å². The van der Waals surface area contributed by atoms with Crippen molar-refractivity contribution in [1.29, 1.82) is 0 Å². The van der Waals surface area contributed by atoms with Gasteiger partial charge in [-0.3, -0.25) is 14.7 Å². The second-order valence-electron chi connectivity index (χ2n) is 8.61. The summed E-state index contributed by atoms with van der Waals surface area (Å²) in [6.45, 7) is 9.81. The van der Waals surface area contributed by atoms with Gasteiger partial charge in [-0.05, 0) is 57.9 Å². The Labute approximate surface area is 187 Å². The van der Waals surface area contributed by atoms with E-state index in [1.807, 2.05) is 43.3 Å². The number of hydrogen-bond acceptors (Lipinski definition) is 4. The number of morpholine rings is 1. The molecular formula is C24H30BrN3O2. The van der Waals surface area contributed by atoms with Crippen LogP contribution in [-0.2, 0) is 4.74 Å². The van der Waals surface area contributed by atoms with E-state index in [1.54, 1.807) is 0 Å². The van der Waals surface area contributed by atoms with Gasteiger partial charge in [-0.2, -0.15) is 0 Å². The first-order valence-corrected chi connectivity index (χ1v) is 11.6. The molecule has 160 valence electrons. The monoisotopic (exact) mass is 471 g/mol. The predicted octanol–water partition coefficient (Wildman–Crippen LogP) is 4.53. The molecule has 3 unspecified atom stereocenters. The van der Waals surface area contributed by atoms with Crippen LogP contribution in [0.15, 0.2) is 40.9 Å². The summed E-state index contributed by atoms with van der Waals surface area (Å²) in [5.41, 5.74) is 3.43. The second kappa shape index (κ2) is 9.16. The van der Waals surface area contributed by atoms with Gasteiger partial charge in [0.25, 0.3) is 5.91 Å². The lowest BCUT2D eigenvalue weighted by Gasteiger charge is -2.38. The molecule has 1 aromatic heterocycles. The SMILES string of the molecule is Cc1nc(-c2cccc(Br)c2)ccc1C(=O)N1CCCC1CN1CC(C)OC(C)C1. The van der Waals surface area contributed by atoms with Crippen molar-refractivity contribution in [3.8, 4) is 11.3 Å². The molecule has 1 amide bonds. The Morgan fingerprint density at radius 2 is 1.97 bits per heavy atom. The highest BCUT2D eigenvalue weighted by molar-refractivity contribution is 9.10. The number of amides is 1. The number of nitrogens with zero attached hydrogens (tertiary/aromatic N) is 3. The Morgan fingerprint density at radius 1 is 1.20 bits per heavy atom. The van der Waals surface area contributed by atoms with Gasteiger partial charge in [-0.1, -0.05) is 28.1 Å². The summed E-state index contributed by atoms with van der Waals surface area (Å²) in [6.07, 6.45) is 2.62. The fourth-order valence-corrected chi connectivity index (χ4v) is 5.17. The molecule has 0 spiro atoms. The summed E-state index contributed by atoms with van der Waals surface area (Å²) in [5.74, 6) is 0.109. The van der Waals surface area contributed by atoms with Gasteiger partial charge in [0.1, 0.15) is 0 Å². The molecule has 3 heterocycles. The largest absolute Gasteiger partial charge is 0.373 e. The van der Waals surface area contributed by atoms with Crippen LogP contribution in [0.2, 0.25) is 0 Å². The molecule has 2 aliphatic heterocycles. The van der Waals surface area contributed by atoms with Crippen molar-refractivity contribution in [2.45, 2.75) is 51.9 Å². The Morgan fingerprint density at radius 3 is 2.67 bits per heavy atom. The Hall–Kier alpha value is -1.76. The molecular weight excluding hydrogens is 442 g/mol. The van der Waals surface area contributed by atoms with Crippen LogP contribution in [0.5, 0.6) is 0 Å². The van der Waals surface area contributed by atoms with E-state index in [4.69, 9.17) is 9.72 Å². The maximum Gasteiger partial charge on any atom is 0.255 e. The van der Waals surface area contributed by atoms with Crippen molar-refractivity contribution in [3.05, 3.63) is 52.1 Å². The molecule has 2 aromatic rings. The number of pyridine rings is 1. The molecule has 4 rings (SSSR count). The van der Waals surface area contributed by atoms with Crippen molar-refractivity contribution in [3.63, 3.8) is 0 Å². The molecule has 0 N–H and O–H groups in total. The first kappa shape index (κ1) is 21.5. The molecule has 6 heteroatoms. The fourth-order valence-electron chi connectivity index (χ4n) is 4.77. The summed E-state index contributed by atoms with van der Waals surface area (Å²) >= 11 is 3.51. The number of hydrogen-bond donors (Lipinski definition) is 0. The molecule has 2 fully saturated rings. The number of carbonyl (C=O) groups is 1. The van der Waals surface area contributed by atoms with E-state index in [-0.39, 0.29) is 24.2 Å². The average Bonchev–Trinajstić information content (AvgIpc) is 3.14. The minimum Gasteiger partial charge on any atom is -0.373 e. The number of rotatable bonds is 4.